The molecule has 0 radical (unpaired) electrons. The van der Waals surface area contributed by atoms with Crippen molar-refractivity contribution in [1.82, 2.24) is 29.9 Å². The number of aryl methyl sites for hydroxylation is 1. The van der Waals surface area contributed by atoms with Crippen LogP contribution in [0.1, 0.15) is 54.5 Å². The van der Waals surface area contributed by atoms with E-state index in [2.05, 4.69) is 20.5 Å². The molecule has 2 aromatic heterocycles. The number of ether oxygens (including phenoxy) is 1. The second kappa shape index (κ2) is 7.82. The SMILES string of the molecule is CN1C(=O)[C@H](c2nc(C(=O)NC3CC3)nn2CC2CCCOC2)CCn2nccc21. The van der Waals surface area contributed by atoms with E-state index in [-0.39, 0.29) is 23.7 Å². The maximum absolute atomic E-state index is 13.3. The van der Waals surface area contributed by atoms with Gasteiger partial charge in [-0.15, -0.1) is 5.10 Å². The molecule has 5 rings (SSSR count). The van der Waals surface area contributed by atoms with E-state index in [4.69, 9.17) is 4.74 Å². The summed E-state index contributed by atoms with van der Waals surface area (Å²) in [7, 11) is 1.75. The van der Waals surface area contributed by atoms with Gasteiger partial charge in [0.25, 0.3) is 5.91 Å². The fraction of sp³-hybridized carbons (Fsp3) is 0.650. The Labute approximate surface area is 174 Å². The molecule has 0 bridgehead atoms. The maximum Gasteiger partial charge on any atom is 0.291 e. The van der Waals surface area contributed by atoms with Crippen LogP contribution in [0, 0.1) is 5.92 Å². The van der Waals surface area contributed by atoms with Gasteiger partial charge in [-0.3, -0.25) is 14.5 Å². The van der Waals surface area contributed by atoms with Gasteiger partial charge in [-0.2, -0.15) is 5.10 Å². The molecule has 1 aliphatic carbocycles. The summed E-state index contributed by atoms with van der Waals surface area (Å²) in [6.45, 7) is 2.65. The molecule has 1 saturated heterocycles. The molecule has 10 heteroatoms. The zero-order valence-electron chi connectivity index (χ0n) is 17.2. The number of anilines is 1. The lowest BCUT2D eigenvalue weighted by Crippen LogP contribution is -2.33. The van der Waals surface area contributed by atoms with Gasteiger partial charge in [-0.05, 0) is 32.1 Å². The van der Waals surface area contributed by atoms with E-state index >= 15 is 0 Å². The molecule has 4 heterocycles. The van der Waals surface area contributed by atoms with Crippen LogP contribution in [0.5, 0.6) is 0 Å². The first-order valence-corrected chi connectivity index (χ1v) is 10.7. The summed E-state index contributed by atoms with van der Waals surface area (Å²) in [5, 5.41) is 11.8. The third kappa shape index (κ3) is 3.71. The van der Waals surface area contributed by atoms with Gasteiger partial charge in [0, 0.05) is 44.8 Å². The lowest BCUT2D eigenvalue weighted by atomic mass is 10.0. The van der Waals surface area contributed by atoms with Crippen molar-refractivity contribution < 1.29 is 14.3 Å². The minimum absolute atomic E-state index is 0.0584. The van der Waals surface area contributed by atoms with E-state index in [1.807, 2.05) is 10.7 Å². The van der Waals surface area contributed by atoms with E-state index in [0.717, 1.165) is 38.1 Å². The Morgan fingerprint density at radius 3 is 2.93 bits per heavy atom. The van der Waals surface area contributed by atoms with E-state index in [9.17, 15) is 9.59 Å². The highest BCUT2D eigenvalue weighted by molar-refractivity contribution is 5.97. The summed E-state index contributed by atoms with van der Waals surface area (Å²) in [6, 6.07) is 2.06. The van der Waals surface area contributed by atoms with Crippen LogP contribution < -0.4 is 10.2 Å². The lowest BCUT2D eigenvalue weighted by Gasteiger charge is -2.24. The Balaban J connectivity index is 1.45. The Kier molecular flexibility index (Phi) is 5.01. The number of nitrogens with one attached hydrogen (secondary N) is 1. The van der Waals surface area contributed by atoms with E-state index in [0.29, 0.717) is 37.9 Å². The first kappa shape index (κ1) is 19.2. The Morgan fingerprint density at radius 1 is 1.30 bits per heavy atom. The number of hydrogen-bond donors (Lipinski definition) is 1. The van der Waals surface area contributed by atoms with E-state index in [1.165, 1.54) is 0 Å². The van der Waals surface area contributed by atoms with Gasteiger partial charge >= 0.3 is 0 Å². The molecular formula is C20H27N7O3. The topological polar surface area (TPSA) is 107 Å². The quantitative estimate of drug-likeness (QED) is 0.782. The first-order chi connectivity index (χ1) is 14.6. The zero-order valence-corrected chi connectivity index (χ0v) is 17.2. The second-order valence-corrected chi connectivity index (χ2v) is 8.46. The van der Waals surface area contributed by atoms with Gasteiger partial charge in [-0.1, -0.05) is 0 Å². The number of likely N-dealkylation sites (N-methyl/N-ethyl adjacent to an activating group) is 1. The first-order valence-electron chi connectivity index (χ1n) is 10.7. The third-order valence-electron chi connectivity index (χ3n) is 6.11. The van der Waals surface area contributed by atoms with Crippen LogP contribution in [0.3, 0.4) is 0 Å². The largest absolute Gasteiger partial charge is 0.381 e. The fourth-order valence-corrected chi connectivity index (χ4v) is 4.26. The van der Waals surface area contributed by atoms with E-state index in [1.54, 1.807) is 22.8 Å². The minimum atomic E-state index is -0.476. The molecule has 3 aliphatic rings. The van der Waals surface area contributed by atoms with Crippen molar-refractivity contribution in [3.8, 4) is 0 Å². The number of rotatable bonds is 5. The smallest absolute Gasteiger partial charge is 0.291 e. The molecule has 160 valence electrons. The molecular weight excluding hydrogens is 386 g/mol. The normalized spacial score (nSPS) is 24.4. The van der Waals surface area contributed by atoms with Crippen molar-refractivity contribution >= 4 is 17.6 Å². The average Bonchev–Trinajstić information content (AvgIpc) is 3.31. The number of nitrogens with zero attached hydrogens (tertiary/aromatic N) is 6. The number of carbonyl (C=O) groups excluding carboxylic acids is 2. The van der Waals surface area contributed by atoms with Crippen molar-refractivity contribution in [2.45, 2.75) is 57.2 Å². The van der Waals surface area contributed by atoms with Crippen LogP contribution in [0.25, 0.3) is 0 Å². The average molecular weight is 413 g/mol. The molecule has 1 N–H and O–H groups in total. The highest BCUT2D eigenvalue weighted by Gasteiger charge is 2.35. The Morgan fingerprint density at radius 2 is 2.17 bits per heavy atom. The highest BCUT2D eigenvalue weighted by atomic mass is 16.5. The zero-order chi connectivity index (χ0) is 20.7. The molecule has 1 saturated carbocycles. The summed E-state index contributed by atoms with van der Waals surface area (Å²) < 4.78 is 9.21. The highest BCUT2D eigenvalue weighted by Crippen LogP contribution is 2.29. The molecule has 30 heavy (non-hydrogen) atoms. The summed E-state index contributed by atoms with van der Waals surface area (Å²) in [5.74, 6) is 0.969. The van der Waals surface area contributed by atoms with Crippen molar-refractivity contribution in [3.63, 3.8) is 0 Å². The van der Waals surface area contributed by atoms with Crippen LogP contribution in [0.4, 0.5) is 5.82 Å². The lowest BCUT2D eigenvalue weighted by molar-refractivity contribution is -0.120. The van der Waals surface area contributed by atoms with Crippen LogP contribution >= 0.6 is 0 Å². The van der Waals surface area contributed by atoms with Gasteiger partial charge < -0.3 is 10.1 Å². The Bertz CT molecular complexity index is 942. The minimum Gasteiger partial charge on any atom is -0.381 e. The number of amides is 2. The summed E-state index contributed by atoms with van der Waals surface area (Å²) in [4.78, 5) is 32.1. The second-order valence-electron chi connectivity index (χ2n) is 8.46. The van der Waals surface area contributed by atoms with Crippen LogP contribution in [-0.4, -0.2) is 62.7 Å². The van der Waals surface area contributed by atoms with Gasteiger partial charge in [0.05, 0.1) is 18.7 Å². The van der Waals surface area contributed by atoms with Crippen molar-refractivity contribution in [3.05, 3.63) is 23.9 Å². The van der Waals surface area contributed by atoms with Gasteiger partial charge in [0.2, 0.25) is 11.7 Å². The standard InChI is InChI=1S/C20H27N7O3/c1-25-16-6-8-21-26(16)9-7-15(20(25)29)18-23-17(19(28)22-14-4-5-14)24-27(18)11-13-3-2-10-30-12-13/h6,8,13-15H,2-5,7,9-12H2,1H3,(H,22,28)/t13?,15-/m0/s1. The molecule has 2 aliphatic heterocycles. The van der Waals surface area contributed by atoms with Gasteiger partial charge in [0.15, 0.2) is 0 Å². The number of fused-ring (bicyclic) bond motifs is 1. The van der Waals surface area contributed by atoms with Crippen molar-refractivity contribution in [2.75, 3.05) is 25.2 Å². The van der Waals surface area contributed by atoms with E-state index < -0.39 is 5.92 Å². The number of hydrogen-bond acceptors (Lipinski definition) is 6. The van der Waals surface area contributed by atoms with Crippen LogP contribution in [0.15, 0.2) is 12.3 Å². The molecule has 2 amide bonds. The summed E-state index contributed by atoms with van der Waals surface area (Å²) in [5.41, 5.74) is 0. The molecule has 1 unspecified atom stereocenters. The predicted molar refractivity (Wildman–Crippen MR) is 107 cm³/mol. The monoisotopic (exact) mass is 413 g/mol. The molecule has 2 atom stereocenters. The fourth-order valence-electron chi connectivity index (χ4n) is 4.26. The molecule has 0 aromatic carbocycles. The van der Waals surface area contributed by atoms with Gasteiger partial charge in [-0.25, -0.2) is 14.3 Å². The molecule has 2 fully saturated rings. The molecule has 2 aromatic rings. The number of carbonyl (C=O) groups is 2. The maximum atomic E-state index is 13.3. The van der Waals surface area contributed by atoms with Gasteiger partial charge in [0.1, 0.15) is 11.6 Å². The summed E-state index contributed by atoms with van der Waals surface area (Å²) in [6.07, 6.45) is 6.30. The van der Waals surface area contributed by atoms with Crippen LogP contribution in [-0.2, 0) is 22.6 Å². The van der Waals surface area contributed by atoms with Crippen LogP contribution in [0.2, 0.25) is 0 Å². The summed E-state index contributed by atoms with van der Waals surface area (Å²) >= 11 is 0. The van der Waals surface area contributed by atoms with Crippen molar-refractivity contribution in [1.29, 1.82) is 0 Å². The predicted octanol–water partition coefficient (Wildman–Crippen LogP) is 0.944. The molecule has 0 spiro atoms. The number of aromatic nitrogens is 5. The van der Waals surface area contributed by atoms with Crippen molar-refractivity contribution in [2.24, 2.45) is 5.92 Å². The Hall–Kier alpha value is -2.75. The third-order valence-corrected chi connectivity index (χ3v) is 6.11. The molecule has 10 nitrogen and oxygen atoms in total.